The number of nitrogens with zero attached hydrogens (tertiary/aromatic N) is 1. The van der Waals surface area contributed by atoms with E-state index < -0.39 is 0 Å². The lowest BCUT2D eigenvalue weighted by molar-refractivity contribution is 0.591. The molecule has 0 bridgehead atoms. The van der Waals surface area contributed by atoms with Gasteiger partial charge in [-0.1, -0.05) is 162 Å². The van der Waals surface area contributed by atoms with Crippen LogP contribution in [0.1, 0.15) is 51.3 Å². The van der Waals surface area contributed by atoms with E-state index in [4.69, 9.17) is 4.42 Å². The van der Waals surface area contributed by atoms with Crippen molar-refractivity contribution in [3.05, 3.63) is 199 Å². The van der Waals surface area contributed by atoms with Crippen molar-refractivity contribution in [3.8, 4) is 44.5 Å². The quantitative estimate of drug-likeness (QED) is 0.169. The molecule has 0 atom stereocenters. The Morgan fingerprint density at radius 2 is 1.04 bits per heavy atom. The first-order chi connectivity index (χ1) is 27.6. The molecule has 1 aliphatic carbocycles. The average molecular weight is 736 g/mol. The number of furan rings is 1. The molecule has 2 nitrogen and oxygen atoms in total. The highest BCUT2D eigenvalue weighted by Crippen LogP contribution is 2.51. The predicted octanol–water partition coefficient (Wildman–Crippen LogP) is 15.7. The highest BCUT2D eigenvalue weighted by Gasteiger charge is 2.36. The second-order valence-corrected chi connectivity index (χ2v) is 17.0. The zero-order chi connectivity index (χ0) is 38.9. The molecule has 8 aromatic carbocycles. The number of hydrogen-bond donors (Lipinski definition) is 0. The highest BCUT2D eigenvalue weighted by molar-refractivity contribution is 6.13. The number of anilines is 3. The fourth-order valence-corrected chi connectivity index (χ4v) is 9.07. The molecule has 57 heavy (non-hydrogen) atoms. The van der Waals surface area contributed by atoms with Gasteiger partial charge in [-0.2, -0.15) is 0 Å². The number of benzene rings is 8. The molecule has 9 aromatic rings. The molecule has 0 saturated heterocycles. The Morgan fingerprint density at radius 1 is 0.439 bits per heavy atom. The van der Waals surface area contributed by atoms with E-state index in [0.29, 0.717) is 0 Å². The van der Waals surface area contributed by atoms with Gasteiger partial charge in [-0.05, 0) is 121 Å². The molecular weight excluding hydrogens is 691 g/mol. The van der Waals surface area contributed by atoms with E-state index in [1.165, 1.54) is 61.3 Å². The van der Waals surface area contributed by atoms with Gasteiger partial charge in [0.2, 0.25) is 0 Å². The molecule has 10 rings (SSSR count). The van der Waals surface area contributed by atoms with Crippen molar-refractivity contribution in [2.75, 3.05) is 4.90 Å². The molecular formula is C55H45NO. The summed E-state index contributed by atoms with van der Waals surface area (Å²) in [6.07, 6.45) is 0. The van der Waals surface area contributed by atoms with Crippen molar-refractivity contribution in [3.63, 3.8) is 0 Å². The zero-order valence-electron chi connectivity index (χ0n) is 33.2. The lowest BCUT2D eigenvalue weighted by atomic mass is 9.82. The van der Waals surface area contributed by atoms with E-state index in [1.54, 1.807) is 0 Å². The number of fused-ring (bicyclic) bond motifs is 6. The second kappa shape index (κ2) is 13.2. The Balaban J connectivity index is 1.12. The molecule has 0 aliphatic heterocycles. The minimum atomic E-state index is -0.159. The van der Waals surface area contributed by atoms with E-state index in [0.717, 1.165) is 38.9 Å². The summed E-state index contributed by atoms with van der Waals surface area (Å²) in [4.78, 5) is 2.46. The first-order valence-electron chi connectivity index (χ1n) is 20.0. The molecule has 0 saturated carbocycles. The molecule has 0 N–H and O–H groups in total. The molecule has 0 spiro atoms. The normalized spacial score (nSPS) is 13.1. The Kier molecular flexibility index (Phi) is 8.09. The molecule has 0 amide bonds. The minimum absolute atomic E-state index is 0.112. The molecule has 0 unspecified atom stereocenters. The summed E-state index contributed by atoms with van der Waals surface area (Å²) in [6.45, 7) is 11.7. The van der Waals surface area contributed by atoms with Gasteiger partial charge in [-0.25, -0.2) is 0 Å². The fraction of sp³-hybridized carbons (Fsp3) is 0.127. The van der Waals surface area contributed by atoms with Crippen LogP contribution >= 0.6 is 0 Å². The Labute approximate surface area is 335 Å². The van der Waals surface area contributed by atoms with Gasteiger partial charge in [0.05, 0.1) is 0 Å². The molecule has 1 aromatic heterocycles. The monoisotopic (exact) mass is 735 g/mol. The molecule has 0 fully saturated rings. The summed E-state index contributed by atoms with van der Waals surface area (Å²) in [5, 5.41) is 2.29. The van der Waals surface area contributed by atoms with Crippen LogP contribution in [-0.4, -0.2) is 0 Å². The largest absolute Gasteiger partial charge is 0.456 e. The van der Waals surface area contributed by atoms with Crippen LogP contribution in [0.4, 0.5) is 17.1 Å². The summed E-state index contributed by atoms with van der Waals surface area (Å²) in [5.74, 6) is 0. The van der Waals surface area contributed by atoms with E-state index in [-0.39, 0.29) is 10.8 Å². The summed E-state index contributed by atoms with van der Waals surface area (Å²) >= 11 is 0. The van der Waals surface area contributed by atoms with Crippen molar-refractivity contribution in [1.82, 2.24) is 0 Å². The van der Waals surface area contributed by atoms with Crippen LogP contribution in [0.5, 0.6) is 0 Å². The summed E-state index contributed by atoms with van der Waals surface area (Å²) in [7, 11) is 0. The molecule has 2 heteroatoms. The van der Waals surface area contributed by atoms with Crippen molar-refractivity contribution >= 4 is 39.0 Å². The van der Waals surface area contributed by atoms with Crippen molar-refractivity contribution < 1.29 is 4.42 Å². The van der Waals surface area contributed by atoms with Gasteiger partial charge in [0, 0.05) is 33.2 Å². The number of hydrogen-bond acceptors (Lipinski definition) is 2. The smallest absolute Gasteiger partial charge is 0.136 e. The van der Waals surface area contributed by atoms with Gasteiger partial charge < -0.3 is 9.32 Å². The van der Waals surface area contributed by atoms with Gasteiger partial charge in [-0.15, -0.1) is 0 Å². The summed E-state index contributed by atoms with van der Waals surface area (Å²) < 4.78 is 6.56. The zero-order valence-corrected chi connectivity index (χ0v) is 33.2. The Hall–Kier alpha value is -6.64. The lowest BCUT2D eigenvalue weighted by Gasteiger charge is -2.33. The van der Waals surface area contributed by atoms with Crippen molar-refractivity contribution in [1.29, 1.82) is 0 Å². The first-order valence-corrected chi connectivity index (χ1v) is 20.0. The fourth-order valence-electron chi connectivity index (χ4n) is 9.07. The predicted molar refractivity (Wildman–Crippen MR) is 241 cm³/mol. The molecule has 0 radical (unpaired) electrons. The van der Waals surface area contributed by atoms with Gasteiger partial charge >= 0.3 is 0 Å². The Morgan fingerprint density at radius 3 is 1.79 bits per heavy atom. The SMILES string of the molecule is CC(C)(C)c1cc(-c2ccc3c(c2)oc2cccc(-c4ccccc4)c23)ccc1N(c1ccc(-c2ccccc2)cc1)c1ccc2c(c1)C(C)(C)c1ccccc1-2. The summed E-state index contributed by atoms with van der Waals surface area (Å²) in [5.41, 5.74) is 18.7. The first kappa shape index (κ1) is 34.8. The van der Waals surface area contributed by atoms with Gasteiger partial charge in [0.25, 0.3) is 0 Å². The van der Waals surface area contributed by atoms with Gasteiger partial charge in [0.15, 0.2) is 0 Å². The lowest BCUT2D eigenvalue weighted by Crippen LogP contribution is -2.20. The maximum atomic E-state index is 6.56. The van der Waals surface area contributed by atoms with Crippen LogP contribution in [0.25, 0.3) is 66.4 Å². The van der Waals surface area contributed by atoms with Crippen LogP contribution in [0.3, 0.4) is 0 Å². The van der Waals surface area contributed by atoms with Crippen LogP contribution in [0.2, 0.25) is 0 Å². The van der Waals surface area contributed by atoms with E-state index in [2.05, 4.69) is 222 Å². The van der Waals surface area contributed by atoms with E-state index in [9.17, 15) is 0 Å². The molecule has 1 aliphatic rings. The third kappa shape index (κ3) is 5.87. The van der Waals surface area contributed by atoms with Crippen LogP contribution in [-0.2, 0) is 10.8 Å². The second-order valence-electron chi connectivity index (χ2n) is 17.0. The third-order valence-corrected chi connectivity index (χ3v) is 12.0. The molecule has 1 heterocycles. The van der Waals surface area contributed by atoms with Crippen molar-refractivity contribution in [2.45, 2.75) is 45.4 Å². The standard InChI is InChI=1S/C55H45NO/c1-54(2,3)49-33-39(40-25-30-46-52(34-40)57-51-22-14-20-43(53(46)51)38-17-10-7-11-18-38)26-32-50(49)56(41-27-23-37(24-28-41)36-15-8-6-9-16-36)42-29-31-45-44-19-12-13-21-47(44)55(4,5)48(45)35-42/h6-35H,1-5H3. The third-order valence-electron chi connectivity index (χ3n) is 12.0. The Bertz CT molecular complexity index is 2940. The maximum Gasteiger partial charge on any atom is 0.136 e. The van der Waals surface area contributed by atoms with Crippen LogP contribution in [0.15, 0.2) is 186 Å². The number of rotatable bonds is 6. The van der Waals surface area contributed by atoms with Gasteiger partial charge in [-0.3, -0.25) is 0 Å². The highest BCUT2D eigenvalue weighted by atomic mass is 16.3. The van der Waals surface area contributed by atoms with Crippen molar-refractivity contribution in [2.24, 2.45) is 0 Å². The summed E-state index contributed by atoms with van der Waals surface area (Å²) in [6, 6.07) is 66.3. The molecule has 276 valence electrons. The maximum absolute atomic E-state index is 6.56. The van der Waals surface area contributed by atoms with E-state index in [1.807, 2.05) is 0 Å². The van der Waals surface area contributed by atoms with E-state index >= 15 is 0 Å². The minimum Gasteiger partial charge on any atom is -0.456 e. The van der Waals surface area contributed by atoms with Crippen LogP contribution < -0.4 is 4.90 Å². The van der Waals surface area contributed by atoms with Gasteiger partial charge in [0.1, 0.15) is 11.2 Å². The van der Waals surface area contributed by atoms with Crippen LogP contribution in [0, 0.1) is 0 Å². The topological polar surface area (TPSA) is 16.4 Å². The average Bonchev–Trinajstić information content (AvgIpc) is 3.73.